The molecule has 1 fully saturated rings. The van der Waals surface area contributed by atoms with Crippen LogP contribution in [0, 0.1) is 0 Å². The van der Waals surface area contributed by atoms with Gasteiger partial charge in [0, 0.05) is 25.8 Å². The van der Waals surface area contributed by atoms with Gasteiger partial charge < -0.3 is 29.3 Å². The van der Waals surface area contributed by atoms with Crippen molar-refractivity contribution >= 4 is 17.4 Å². The largest absolute Gasteiger partial charge is 0.507 e. The predicted molar refractivity (Wildman–Crippen MR) is 127 cm³/mol. The van der Waals surface area contributed by atoms with E-state index in [1.54, 1.807) is 43.5 Å². The van der Waals surface area contributed by atoms with Crippen molar-refractivity contribution in [3.05, 3.63) is 59.2 Å². The molecule has 1 atom stereocenters. The monoisotopic (exact) mass is 469 g/mol. The standard InChI is InChI=1S/C26H31NO7/c1-4-5-15-34-19-10-7-17(8-11-19)24(29)22-23(18-9-12-20(28)21(16-18)33-3)27(13-6-14-32-2)26(31)25(22)30/h7-12,16,23,28-29H,4-6,13-15H2,1-3H3/b24-22+/t23-/m1/s1. The zero-order valence-corrected chi connectivity index (χ0v) is 19.7. The number of hydrogen-bond donors (Lipinski definition) is 2. The van der Waals surface area contributed by atoms with E-state index < -0.39 is 17.7 Å². The van der Waals surface area contributed by atoms with Crippen LogP contribution in [0.5, 0.6) is 17.2 Å². The average Bonchev–Trinajstić information content (AvgIpc) is 3.10. The first kappa shape index (κ1) is 25.1. The van der Waals surface area contributed by atoms with E-state index >= 15 is 0 Å². The van der Waals surface area contributed by atoms with Crippen LogP contribution in [0.1, 0.15) is 43.4 Å². The lowest BCUT2D eigenvalue weighted by Crippen LogP contribution is -2.31. The highest BCUT2D eigenvalue weighted by Gasteiger charge is 2.46. The Labute approximate surface area is 199 Å². The van der Waals surface area contributed by atoms with Gasteiger partial charge in [-0.2, -0.15) is 0 Å². The molecule has 182 valence electrons. The lowest BCUT2D eigenvalue weighted by atomic mass is 9.95. The molecule has 0 bridgehead atoms. The van der Waals surface area contributed by atoms with Gasteiger partial charge in [0.1, 0.15) is 11.5 Å². The molecule has 34 heavy (non-hydrogen) atoms. The van der Waals surface area contributed by atoms with Gasteiger partial charge in [-0.3, -0.25) is 9.59 Å². The van der Waals surface area contributed by atoms with Gasteiger partial charge in [0.15, 0.2) is 11.5 Å². The number of ketones is 1. The molecule has 0 spiro atoms. The van der Waals surface area contributed by atoms with Gasteiger partial charge in [-0.05, 0) is 54.8 Å². The molecule has 1 aliphatic heterocycles. The molecule has 0 aliphatic carbocycles. The third-order valence-corrected chi connectivity index (χ3v) is 5.70. The van der Waals surface area contributed by atoms with Gasteiger partial charge in [0.2, 0.25) is 0 Å². The highest BCUT2D eigenvalue weighted by molar-refractivity contribution is 6.46. The van der Waals surface area contributed by atoms with E-state index in [1.165, 1.54) is 18.1 Å². The number of phenols is 1. The number of rotatable bonds is 11. The van der Waals surface area contributed by atoms with Crippen molar-refractivity contribution < 1.29 is 34.0 Å². The molecule has 0 radical (unpaired) electrons. The fourth-order valence-electron chi connectivity index (χ4n) is 3.90. The van der Waals surface area contributed by atoms with Crippen molar-refractivity contribution in [1.82, 2.24) is 4.90 Å². The number of hydrogen-bond acceptors (Lipinski definition) is 7. The van der Waals surface area contributed by atoms with Crippen molar-refractivity contribution in [3.8, 4) is 17.2 Å². The molecule has 2 aromatic rings. The van der Waals surface area contributed by atoms with Crippen LogP contribution >= 0.6 is 0 Å². The Morgan fingerprint density at radius 2 is 1.76 bits per heavy atom. The minimum atomic E-state index is -0.841. The molecule has 2 N–H and O–H groups in total. The first-order valence-corrected chi connectivity index (χ1v) is 11.3. The average molecular weight is 470 g/mol. The molecule has 0 saturated carbocycles. The van der Waals surface area contributed by atoms with Crippen LogP contribution in [-0.4, -0.2) is 60.8 Å². The van der Waals surface area contributed by atoms with E-state index in [2.05, 4.69) is 6.92 Å². The summed E-state index contributed by atoms with van der Waals surface area (Å²) in [5.41, 5.74) is 0.913. The van der Waals surface area contributed by atoms with Gasteiger partial charge in [-0.1, -0.05) is 19.4 Å². The fourth-order valence-corrected chi connectivity index (χ4v) is 3.90. The maximum absolute atomic E-state index is 13.1. The van der Waals surface area contributed by atoms with Gasteiger partial charge in [0.25, 0.3) is 11.7 Å². The smallest absolute Gasteiger partial charge is 0.295 e. The molecule has 2 aromatic carbocycles. The quantitative estimate of drug-likeness (QED) is 0.221. The minimum absolute atomic E-state index is 0.0187. The summed E-state index contributed by atoms with van der Waals surface area (Å²) in [7, 11) is 2.98. The minimum Gasteiger partial charge on any atom is -0.507 e. The lowest BCUT2D eigenvalue weighted by molar-refractivity contribution is -0.140. The number of carbonyl (C=O) groups excluding carboxylic acids is 2. The second-order valence-electron chi connectivity index (χ2n) is 8.00. The van der Waals surface area contributed by atoms with Crippen LogP contribution in [0.15, 0.2) is 48.0 Å². The number of phenolic OH excluding ortho intramolecular Hbond substituents is 1. The number of nitrogens with zero attached hydrogens (tertiary/aromatic N) is 1. The lowest BCUT2D eigenvalue weighted by Gasteiger charge is -2.25. The number of methoxy groups -OCH3 is 2. The summed E-state index contributed by atoms with van der Waals surface area (Å²) in [4.78, 5) is 27.4. The zero-order valence-electron chi connectivity index (χ0n) is 19.7. The number of Topliss-reactive ketones (excluding diaryl/α,β-unsaturated/α-hetero) is 1. The van der Waals surface area contributed by atoms with Crippen molar-refractivity contribution in [1.29, 1.82) is 0 Å². The van der Waals surface area contributed by atoms with Crippen LogP contribution in [0.2, 0.25) is 0 Å². The first-order valence-electron chi connectivity index (χ1n) is 11.3. The normalized spacial score (nSPS) is 17.3. The molecular formula is C26H31NO7. The fraction of sp³-hybridized carbons (Fsp3) is 0.385. The third-order valence-electron chi connectivity index (χ3n) is 5.70. The first-order chi connectivity index (χ1) is 16.4. The van der Waals surface area contributed by atoms with Crippen LogP contribution < -0.4 is 9.47 Å². The van der Waals surface area contributed by atoms with Gasteiger partial charge in [-0.15, -0.1) is 0 Å². The van der Waals surface area contributed by atoms with Crippen LogP contribution in [0.25, 0.3) is 5.76 Å². The number of benzene rings is 2. The van der Waals surface area contributed by atoms with Crippen LogP contribution in [-0.2, 0) is 14.3 Å². The second kappa shape index (κ2) is 11.6. The predicted octanol–water partition coefficient (Wildman–Crippen LogP) is 4.04. The van der Waals surface area contributed by atoms with Crippen molar-refractivity contribution in [2.45, 2.75) is 32.2 Å². The Hall–Kier alpha value is -3.52. The molecule has 8 nitrogen and oxygen atoms in total. The van der Waals surface area contributed by atoms with E-state index in [0.717, 1.165) is 12.8 Å². The van der Waals surface area contributed by atoms with E-state index in [1.807, 2.05) is 0 Å². The molecule has 1 aliphatic rings. The Morgan fingerprint density at radius 3 is 2.41 bits per heavy atom. The number of aliphatic hydroxyl groups is 1. The molecule has 8 heteroatoms. The highest BCUT2D eigenvalue weighted by atomic mass is 16.5. The number of likely N-dealkylation sites (tertiary alicyclic amines) is 1. The summed E-state index contributed by atoms with van der Waals surface area (Å²) in [5.74, 6) is -0.950. The number of aliphatic hydroxyl groups excluding tert-OH is 1. The molecule has 3 rings (SSSR count). The number of unbranched alkanes of at least 4 members (excludes halogenated alkanes) is 1. The maximum atomic E-state index is 13.1. The summed E-state index contributed by atoms with van der Waals surface area (Å²) in [5, 5.41) is 21.2. The van der Waals surface area contributed by atoms with E-state index in [9.17, 15) is 19.8 Å². The highest BCUT2D eigenvalue weighted by Crippen LogP contribution is 2.41. The van der Waals surface area contributed by atoms with E-state index in [0.29, 0.717) is 36.5 Å². The maximum Gasteiger partial charge on any atom is 0.295 e. The molecular weight excluding hydrogens is 438 g/mol. The second-order valence-corrected chi connectivity index (χ2v) is 8.00. The summed E-state index contributed by atoms with van der Waals surface area (Å²) in [6.45, 7) is 3.34. The molecule has 1 saturated heterocycles. The van der Waals surface area contributed by atoms with Gasteiger partial charge >= 0.3 is 0 Å². The zero-order chi connectivity index (χ0) is 24.7. The Kier molecular flexibility index (Phi) is 8.54. The molecule has 0 aromatic heterocycles. The summed E-state index contributed by atoms with van der Waals surface area (Å²) < 4.78 is 16.0. The Morgan fingerprint density at radius 1 is 1.03 bits per heavy atom. The summed E-state index contributed by atoms with van der Waals surface area (Å²) in [6, 6.07) is 10.5. The van der Waals surface area contributed by atoms with E-state index in [4.69, 9.17) is 14.2 Å². The molecule has 1 heterocycles. The number of amides is 1. The number of ether oxygens (including phenoxy) is 3. The SMILES string of the molecule is CCCCOc1ccc(/C(O)=C2\C(=O)C(=O)N(CCCOC)[C@@H]2c2ccc(O)c(OC)c2)cc1. The molecule has 0 unspecified atom stereocenters. The van der Waals surface area contributed by atoms with Crippen molar-refractivity contribution in [3.63, 3.8) is 0 Å². The number of carbonyl (C=O) groups is 2. The summed E-state index contributed by atoms with van der Waals surface area (Å²) >= 11 is 0. The van der Waals surface area contributed by atoms with Crippen LogP contribution in [0.3, 0.4) is 0 Å². The Bertz CT molecular complexity index is 1050. The van der Waals surface area contributed by atoms with Crippen LogP contribution in [0.4, 0.5) is 0 Å². The van der Waals surface area contributed by atoms with E-state index in [-0.39, 0.29) is 29.4 Å². The third kappa shape index (κ3) is 5.34. The Balaban J connectivity index is 2.03. The molecule has 1 amide bonds. The van der Waals surface area contributed by atoms with Gasteiger partial charge in [-0.25, -0.2) is 0 Å². The number of aromatic hydroxyl groups is 1. The summed E-state index contributed by atoms with van der Waals surface area (Å²) in [6.07, 6.45) is 2.47. The van der Waals surface area contributed by atoms with Gasteiger partial charge in [0.05, 0.1) is 25.3 Å². The van der Waals surface area contributed by atoms with Crippen molar-refractivity contribution in [2.75, 3.05) is 34.0 Å². The van der Waals surface area contributed by atoms with Crippen molar-refractivity contribution in [2.24, 2.45) is 0 Å². The topological polar surface area (TPSA) is 106 Å².